The molecule has 1 aliphatic carbocycles. The molecule has 0 bridgehead atoms. The van der Waals surface area contributed by atoms with Crippen LogP contribution in [0.1, 0.15) is 70.6 Å². The van der Waals surface area contributed by atoms with Crippen LogP contribution in [0.15, 0.2) is 12.1 Å². The minimum absolute atomic E-state index is 0.171. The van der Waals surface area contributed by atoms with Crippen LogP contribution in [-0.4, -0.2) is 47.3 Å². The molecule has 1 aromatic rings. The molecule has 31 heavy (non-hydrogen) atoms. The van der Waals surface area contributed by atoms with Gasteiger partial charge in [-0.25, -0.2) is 9.78 Å². The van der Waals surface area contributed by atoms with Crippen LogP contribution in [0, 0.1) is 11.3 Å². The predicted molar refractivity (Wildman–Crippen MR) is 120 cm³/mol. The van der Waals surface area contributed by atoms with E-state index in [0.717, 1.165) is 50.2 Å². The van der Waals surface area contributed by atoms with Gasteiger partial charge in [0.1, 0.15) is 11.9 Å². The SMILES string of the molecule is CC(C)(C)CC(=O)NC(CCO[C@H]1C[C@H](CCc2ccc3c(n2)NCCC3)C1)C(=O)O. The van der Waals surface area contributed by atoms with Gasteiger partial charge in [0.2, 0.25) is 5.91 Å². The minimum Gasteiger partial charge on any atom is -0.480 e. The molecule has 1 unspecified atom stereocenters. The number of aromatic nitrogens is 1. The summed E-state index contributed by atoms with van der Waals surface area (Å²) >= 11 is 0. The Balaban J connectivity index is 1.31. The van der Waals surface area contributed by atoms with Crippen LogP contribution in [-0.2, 0) is 27.2 Å². The number of nitrogens with zero attached hydrogens (tertiary/aromatic N) is 1. The number of carbonyl (C=O) groups is 2. The normalized spacial score (nSPS) is 21.4. The van der Waals surface area contributed by atoms with E-state index in [1.54, 1.807) is 0 Å². The highest BCUT2D eigenvalue weighted by molar-refractivity contribution is 5.83. The van der Waals surface area contributed by atoms with Crippen molar-refractivity contribution in [2.45, 2.75) is 84.3 Å². The maximum atomic E-state index is 12.0. The first kappa shape index (κ1) is 23.5. The average Bonchev–Trinajstić information content (AvgIpc) is 2.66. The number of aliphatic carboxylic acids is 1. The molecule has 1 aromatic heterocycles. The highest BCUT2D eigenvalue weighted by atomic mass is 16.5. The largest absolute Gasteiger partial charge is 0.480 e. The standard InChI is InChI=1S/C24H37N3O4/c1-24(2,3)15-21(28)27-20(23(29)30)10-12-31-19-13-16(14-19)6-8-18-9-7-17-5-4-11-25-22(17)26-18/h7,9,16,19-20H,4-6,8,10-15H2,1-3H3,(H,25,26)(H,27,28)(H,29,30)/t16-,19-,20?. The third kappa shape index (κ3) is 7.49. The summed E-state index contributed by atoms with van der Waals surface area (Å²) in [5.74, 6) is 0.456. The van der Waals surface area contributed by atoms with Gasteiger partial charge in [-0.2, -0.15) is 0 Å². The van der Waals surface area contributed by atoms with Crippen LogP contribution in [0.4, 0.5) is 5.82 Å². The number of aryl methyl sites for hydroxylation is 2. The van der Waals surface area contributed by atoms with Crippen molar-refractivity contribution in [1.82, 2.24) is 10.3 Å². The molecule has 0 saturated heterocycles. The summed E-state index contributed by atoms with van der Waals surface area (Å²) in [6, 6.07) is 3.46. The quantitative estimate of drug-likeness (QED) is 0.524. The first-order chi connectivity index (χ1) is 14.7. The minimum atomic E-state index is -1.01. The second-order valence-corrected chi connectivity index (χ2v) is 10.2. The van der Waals surface area contributed by atoms with E-state index in [0.29, 0.717) is 25.4 Å². The summed E-state index contributed by atoms with van der Waals surface area (Å²) in [4.78, 5) is 28.2. The first-order valence-corrected chi connectivity index (χ1v) is 11.6. The Hall–Kier alpha value is -2.15. The van der Waals surface area contributed by atoms with Crippen LogP contribution in [0.25, 0.3) is 0 Å². The van der Waals surface area contributed by atoms with E-state index >= 15 is 0 Å². The van der Waals surface area contributed by atoms with Gasteiger partial charge in [-0.3, -0.25) is 4.79 Å². The molecule has 1 fully saturated rings. The van der Waals surface area contributed by atoms with Crippen molar-refractivity contribution in [3.63, 3.8) is 0 Å². The Morgan fingerprint density at radius 3 is 2.81 bits per heavy atom. The van der Waals surface area contributed by atoms with E-state index in [1.165, 1.54) is 12.0 Å². The second-order valence-electron chi connectivity index (χ2n) is 10.2. The number of rotatable bonds is 10. The second kappa shape index (κ2) is 10.4. The lowest BCUT2D eigenvalue weighted by Gasteiger charge is -2.35. The molecule has 1 saturated carbocycles. The van der Waals surface area contributed by atoms with Gasteiger partial charge < -0.3 is 20.5 Å². The number of carboxylic acids is 1. The van der Waals surface area contributed by atoms with Crippen molar-refractivity contribution in [2.75, 3.05) is 18.5 Å². The van der Waals surface area contributed by atoms with E-state index in [9.17, 15) is 14.7 Å². The lowest BCUT2D eigenvalue weighted by Crippen LogP contribution is -2.43. The summed E-state index contributed by atoms with van der Waals surface area (Å²) in [6.45, 7) is 7.22. The maximum Gasteiger partial charge on any atom is 0.326 e. The number of nitrogens with one attached hydrogen (secondary N) is 2. The number of fused-ring (bicyclic) bond motifs is 1. The van der Waals surface area contributed by atoms with Gasteiger partial charge in [-0.15, -0.1) is 0 Å². The molecule has 1 amide bonds. The average molecular weight is 432 g/mol. The zero-order valence-corrected chi connectivity index (χ0v) is 19.1. The number of hydrogen-bond acceptors (Lipinski definition) is 5. The van der Waals surface area contributed by atoms with Crippen LogP contribution in [0.3, 0.4) is 0 Å². The smallest absolute Gasteiger partial charge is 0.326 e. The molecule has 0 aromatic carbocycles. The van der Waals surface area contributed by atoms with Gasteiger partial charge in [0.25, 0.3) is 0 Å². The van der Waals surface area contributed by atoms with E-state index in [4.69, 9.17) is 9.72 Å². The summed E-state index contributed by atoms with van der Waals surface area (Å²) in [5, 5.41) is 15.4. The van der Waals surface area contributed by atoms with Crippen molar-refractivity contribution in [2.24, 2.45) is 11.3 Å². The molecule has 3 N–H and O–H groups in total. The molecule has 7 heteroatoms. The summed E-state index contributed by atoms with van der Waals surface area (Å²) < 4.78 is 5.86. The Labute approximate surface area is 185 Å². The number of hydrogen-bond donors (Lipinski definition) is 3. The van der Waals surface area contributed by atoms with Crippen LogP contribution < -0.4 is 10.6 Å². The van der Waals surface area contributed by atoms with Gasteiger partial charge in [0.05, 0.1) is 6.10 Å². The fourth-order valence-electron chi connectivity index (χ4n) is 4.24. The molecule has 3 rings (SSSR count). The Morgan fingerprint density at radius 1 is 1.32 bits per heavy atom. The lowest BCUT2D eigenvalue weighted by molar-refractivity contribution is -0.143. The van der Waals surface area contributed by atoms with Crippen LogP contribution >= 0.6 is 0 Å². The van der Waals surface area contributed by atoms with Crippen molar-refractivity contribution < 1.29 is 19.4 Å². The monoisotopic (exact) mass is 431 g/mol. The molecule has 7 nitrogen and oxygen atoms in total. The van der Waals surface area contributed by atoms with Crippen molar-refractivity contribution in [3.8, 4) is 0 Å². The fraction of sp³-hybridized carbons (Fsp3) is 0.708. The molecule has 0 spiro atoms. The van der Waals surface area contributed by atoms with Gasteiger partial charge in [-0.1, -0.05) is 26.8 Å². The van der Waals surface area contributed by atoms with Gasteiger partial charge >= 0.3 is 5.97 Å². The molecule has 172 valence electrons. The summed E-state index contributed by atoms with van der Waals surface area (Å²) in [6.07, 6.45) is 7.18. The zero-order chi connectivity index (χ0) is 22.4. The van der Waals surface area contributed by atoms with Gasteiger partial charge in [0, 0.05) is 31.7 Å². The number of carbonyl (C=O) groups excluding carboxylic acids is 1. The molecule has 1 aliphatic heterocycles. The zero-order valence-electron chi connectivity index (χ0n) is 19.1. The van der Waals surface area contributed by atoms with E-state index in [-0.39, 0.29) is 17.4 Å². The molecule has 2 heterocycles. The number of pyridine rings is 1. The third-order valence-electron chi connectivity index (χ3n) is 6.04. The highest BCUT2D eigenvalue weighted by Gasteiger charge is 2.30. The van der Waals surface area contributed by atoms with E-state index < -0.39 is 12.0 Å². The van der Waals surface area contributed by atoms with Crippen molar-refractivity contribution >= 4 is 17.7 Å². The number of amides is 1. The van der Waals surface area contributed by atoms with Crippen molar-refractivity contribution in [1.29, 1.82) is 0 Å². The first-order valence-electron chi connectivity index (χ1n) is 11.6. The van der Waals surface area contributed by atoms with E-state index in [2.05, 4.69) is 22.8 Å². The molecule has 0 radical (unpaired) electrons. The third-order valence-corrected chi connectivity index (χ3v) is 6.04. The molecule has 1 atom stereocenters. The predicted octanol–water partition coefficient (Wildman–Crippen LogP) is 3.56. The van der Waals surface area contributed by atoms with Crippen LogP contribution in [0.5, 0.6) is 0 Å². The Kier molecular flexibility index (Phi) is 7.92. The number of anilines is 1. The lowest BCUT2D eigenvalue weighted by atomic mass is 9.79. The van der Waals surface area contributed by atoms with Gasteiger partial charge in [-0.05, 0) is 61.5 Å². The van der Waals surface area contributed by atoms with Gasteiger partial charge in [0.15, 0.2) is 0 Å². The molecular weight excluding hydrogens is 394 g/mol. The Bertz CT molecular complexity index is 769. The molecule has 2 aliphatic rings. The van der Waals surface area contributed by atoms with Crippen LogP contribution in [0.2, 0.25) is 0 Å². The fourth-order valence-corrected chi connectivity index (χ4v) is 4.24. The topological polar surface area (TPSA) is 101 Å². The number of carboxylic acid groups (broad SMARTS) is 1. The van der Waals surface area contributed by atoms with Crippen molar-refractivity contribution in [3.05, 3.63) is 23.4 Å². The number of ether oxygens (including phenoxy) is 1. The maximum absolute atomic E-state index is 12.0. The summed E-state index contributed by atoms with van der Waals surface area (Å²) in [5.41, 5.74) is 2.30. The molecular formula is C24H37N3O4. The Morgan fingerprint density at radius 2 is 2.10 bits per heavy atom. The highest BCUT2D eigenvalue weighted by Crippen LogP contribution is 2.34. The summed E-state index contributed by atoms with van der Waals surface area (Å²) in [7, 11) is 0. The van der Waals surface area contributed by atoms with E-state index in [1.807, 2.05) is 20.8 Å².